The summed E-state index contributed by atoms with van der Waals surface area (Å²) in [6.45, 7) is 15.8. The maximum Gasteiger partial charge on any atom is 0.0512 e. The van der Waals surface area contributed by atoms with Gasteiger partial charge in [-0.3, -0.25) is 0 Å². The van der Waals surface area contributed by atoms with Gasteiger partial charge in [-0.1, -0.05) is 79.1 Å². The van der Waals surface area contributed by atoms with Crippen molar-refractivity contribution in [1.29, 1.82) is 0 Å². The Morgan fingerprint density at radius 1 is 0.414 bits per heavy atom. The van der Waals surface area contributed by atoms with Gasteiger partial charge in [0.15, 0.2) is 0 Å². The Kier molecular flexibility index (Phi) is 50.0. The fourth-order valence-corrected chi connectivity index (χ4v) is 2.00. The molecule has 0 aliphatic carbocycles. The first-order valence-corrected chi connectivity index (χ1v) is 11.8. The third-order valence-electron chi connectivity index (χ3n) is 3.90. The van der Waals surface area contributed by atoms with Crippen LogP contribution in [0.1, 0.15) is 132 Å². The van der Waals surface area contributed by atoms with Gasteiger partial charge in [0.05, 0.1) is 24.4 Å². The molecule has 4 atom stereocenters. The van der Waals surface area contributed by atoms with Crippen LogP contribution in [0.4, 0.5) is 0 Å². The average molecular weight is 500 g/mol. The average Bonchev–Trinajstić information content (AvgIpc) is 2.62. The molecule has 0 bridgehead atoms. The first kappa shape index (κ1) is 40.1. The fraction of sp³-hybridized carbons (Fsp3) is 1.00. The van der Waals surface area contributed by atoms with E-state index in [0.29, 0.717) is 0 Å². The van der Waals surface area contributed by atoms with E-state index in [2.05, 4.69) is 27.7 Å². The van der Waals surface area contributed by atoms with Gasteiger partial charge in [0, 0.05) is 26.2 Å². The van der Waals surface area contributed by atoms with Crippen molar-refractivity contribution >= 4 is 0 Å². The minimum Gasteiger partial charge on any atom is -0.393 e. The summed E-state index contributed by atoms with van der Waals surface area (Å²) in [6.07, 6.45) is 12.8. The smallest absolute Gasteiger partial charge is 0.0512 e. The van der Waals surface area contributed by atoms with Crippen LogP contribution in [0.25, 0.3) is 0 Å². The number of aliphatic hydroxyl groups excluding tert-OH is 4. The maximum absolute atomic E-state index is 8.68. The Bertz CT molecular complexity index is 187. The number of hydrogen-bond donors (Lipinski definition) is 4. The van der Waals surface area contributed by atoms with Gasteiger partial charge in [0.2, 0.25) is 0 Å². The largest absolute Gasteiger partial charge is 0.393 e. The van der Waals surface area contributed by atoms with Crippen molar-refractivity contribution in [3.05, 3.63) is 0 Å². The number of rotatable bonds is 12. The van der Waals surface area contributed by atoms with Gasteiger partial charge in [-0.05, 0) is 53.4 Å². The Hall–Kier alpha value is 0.723. The van der Waals surface area contributed by atoms with Gasteiger partial charge >= 0.3 is 0 Å². The zero-order valence-electron chi connectivity index (χ0n) is 21.1. The molecule has 0 aliphatic heterocycles. The van der Waals surface area contributed by atoms with Crippen molar-refractivity contribution in [2.24, 2.45) is 0 Å². The molecule has 0 spiro atoms. The third kappa shape index (κ3) is 73.3. The Morgan fingerprint density at radius 2 is 0.552 bits per heavy atom. The minimum atomic E-state index is -0.0973. The second-order valence-electron chi connectivity index (χ2n) is 7.96. The van der Waals surface area contributed by atoms with Gasteiger partial charge in [-0.25, -0.2) is 0 Å². The second-order valence-corrected chi connectivity index (χ2v) is 7.96. The molecule has 0 saturated carbocycles. The summed E-state index contributed by atoms with van der Waals surface area (Å²) < 4.78 is 0. The predicted molar refractivity (Wildman–Crippen MR) is 125 cm³/mol. The summed E-state index contributed by atoms with van der Waals surface area (Å²) in [7, 11) is 0. The quantitative estimate of drug-likeness (QED) is 0.257. The van der Waals surface area contributed by atoms with Crippen LogP contribution in [-0.4, -0.2) is 44.8 Å². The molecule has 4 N–H and O–H groups in total. The molecular weight excluding hydrogens is 443 g/mol. The molecule has 0 saturated heterocycles. The number of hydrogen-bond acceptors (Lipinski definition) is 4. The van der Waals surface area contributed by atoms with Gasteiger partial charge in [-0.15, -0.1) is 0 Å². The van der Waals surface area contributed by atoms with Crippen molar-refractivity contribution in [2.75, 3.05) is 0 Å². The van der Waals surface area contributed by atoms with Crippen molar-refractivity contribution in [3.8, 4) is 0 Å². The van der Waals surface area contributed by atoms with Crippen LogP contribution in [0.3, 0.4) is 0 Å². The van der Waals surface area contributed by atoms with Crippen LogP contribution in [-0.2, 0) is 26.2 Å². The molecule has 0 amide bonds. The maximum atomic E-state index is 8.68. The predicted octanol–water partition coefficient (Wildman–Crippen LogP) is 6.23. The molecule has 0 aromatic rings. The molecule has 0 aromatic heterocycles. The van der Waals surface area contributed by atoms with Gasteiger partial charge < -0.3 is 20.4 Å². The molecule has 0 rings (SSSR count). The van der Waals surface area contributed by atoms with E-state index in [1.54, 1.807) is 0 Å². The van der Waals surface area contributed by atoms with Crippen molar-refractivity contribution in [1.82, 2.24) is 0 Å². The van der Waals surface area contributed by atoms with E-state index < -0.39 is 0 Å². The molecule has 4 nitrogen and oxygen atoms in total. The number of unbranched alkanes of at least 4 members (excludes halogenated alkanes) is 4. The molecule has 0 fully saturated rings. The zero-order chi connectivity index (χ0) is 22.8. The van der Waals surface area contributed by atoms with Crippen molar-refractivity contribution in [2.45, 2.75) is 157 Å². The summed E-state index contributed by atoms with van der Waals surface area (Å²) in [5, 5.41) is 34.7. The Labute approximate surface area is 203 Å². The van der Waals surface area contributed by atoms with Crippen LogP contribution < -0.4 is 0 Å². The Balaban J connectivity index is -0.0000000873. The van der Waals surface area contributed by atoms with Crippen molar-refractivity contribution < 1.29 is 46.6 Å². The topological polar surface area (TPSA) is 80.9 Å². The number of aliphatic hydroxyl groups is 4. The van der Waals surface area contributed by atoms with E-state index in [-0.39, 0.29) is 50.6 Å². The first-order valence-electron chi connectivity index (χ1n) is 11.8. The summed E-state index contributed by atoms with van der Waals surface area (Å²) in [5.41, 5.74) is 0. The second kappa shape index (κ2) is 36.1. The van der Waals surface area contributed by atoms with E-state index in [0.717, 1.165) is 51.4 Å². The van der Waals surface area contributed by atoms with Crippen LogP contribution in [0, 0.1) is 0 Å². The van der Waals surface area contributed by atoms with E-state index in [1.165, 1.54) is 25.7 Å². The Morgan fingerprint density at radius 3 is 0.586 bits per heavy atom. The molecule has 0 heterocycles. The van der Waals surface area contributed by atoms with E-state index >= 15 is 0 Å². The molecule has 5 heteroatoms. The van der Waals surface area contributed by atoms with Crippen LogP contribution in [0.15, 0.2) is 0 Å². The summed E-state index contributed by atoms with van der Waals surface area (Å²) in [5.74, 6) is 0. The van der Waals surface area contributed by atoms with Crippen LogP contribution >= 0.6 is 0 Å². The SMILES string of the molecule is CCCCC(C)O.CCCCC(C)O.CCCCC(C)O.CCCCC(C)O.[Zr]. The standard InChI is InChI=1S/4C6H14O.Zr/c4*1-3-4-5-6(2)7;/h4*6-7H,3-5H2,1-2H3;. The normalized spacial score (nSPS) is 13.7. The van der Waals surface area contributed by atoms with E-state index in [4.69, 9.17) is 20.4 Å². The summed E-state index contributed by atoms with van der Waals surface area (Å²) in [6, 6.07) is 0. The first-order chi connectivity index (χ1) is 13.1. The monoisotopic (exact) mass is 498 g/mol. The molecule has 0 radical (unpaired) electrons. The molecule has 0 aliphatic rings. The molecule has 0 aromatic carbocycles. The fourth-order valence-electron chi connectivity index (χ4n) is 2.00. The molecule has 29 heavy (non-hydrogen) atoms. The molecule has 180 valence electrons. The van der Waals surface area contributed by atoms with Crippen LogP contribution in [0.2, 0.25) is 0 Å². The zero-order valence-corrected chi connectivity index (χ0v) is 23.5. The van der Waals surface area contributed by atoms with Crippen LogP contribution in [0.5, 0.6) is 0 Å². The molecule has 4 unspecified atom stereocenters. The van der Waals surface area contributed by atoms with Crippen molar-refractivity contribution in [3.63, 3.8) is 0 Å². The van der Waals surface area contributed by atoms with Gasteiger partial charge in [0.25, 0.3) is 0 Å². The third-order valence-corrected chi connectivity index (χ3v) is 3.90. The van der Waals surface area contributed by atoms with Gasteiger partial charge in [0.1, 0.15) is 0 Å². The summed E-state index contributed by atoms with van der Waals surface area (Å²) >= 11 is 0. The van der Waals surface area contributed by atoms with E-state index in [9.17, 15) is 0 Å². The minimum absolute atomic E-state index is 0. The van der Waals surface area contributed by atoms with Gasteiger partial charge in [-0.2, -0.15) is 0 Å². The summed E-state index contributed by atoms with van der Waals surface area (Å²) in [4.78, 5) is 0. The van der Waals surface area contributed by atoms with E-state index in [1.807, 2.05) is 27.7 Å². The molecular formula is C24H56O4Zr.